The minimum atomic E-state index is -4.96. The van der Waals surface area contributed by atoms with Gasteiger partial charge in [0.25, 0.3) is 0 Å². The summed E-state index contributed by atoms with van der Waals surface area (Å²) in [6.45, 7) is 12.0. The van der Waals surface area contributed by atoms with Crippen LogP contribution in [-0.2, 0) is 65.4 Å². The second-order valence-electron chi connectivity index (χ2n) is 30.0. The molecule has 588 valence electrons. The van der Waals surface area contributed by atoms with Gasteiger partial charge in [-0.25, -0.2) is 9.13 Å². The zero-order valence-electron chi connectivity index (χ0n) is 65.0. The van der Waals surface area contributed by atoms with Gasteiger partial charge in [0.15, 0.2) is 12.2 Å². The first kappa shape index (κ1) is 97.1. The summed E-state index contributed by atoms with van der Waals surface area (Å²) in [4.78, 5) is 73.0. The van der Waals surface area contributed by atoms with Crippen LogP contribution in [0.2, 0.25) is 0 Å². The number of ether oxygens (including phenoxy) is 4. The monoisotopic (exact) mass is 1450 g/mol. The van der Waals surface area contributed by atoms with Gasteiger partial charge in [0, 0.05) is 25.7 Å². The molecule has 0 aliphatic heterocycles. The van der Waals surface area contributed by atoms with Crippen LogP contribution in [0.25, 0.3) is 0 Å². The third-order valence-electron chi connectivity index (χ3n) is 19.0. The first-order valence-electron chi connectivity index (χ1n) is 41.4. The van der Waals surface area contributed by atoms with E-state index in [-0.39, 0.29) is 25.7 Å². The maximum Gasteiger partial charge on any atom is 0.472 e. The lowest BCUT2D eigenvalue weighted by Crippen LogP contribution is -2.30. The molecule has 0 aromatic rings. The van der Waals surface area contributed by atoms with Crippen molar-refractivity contribution in [1.82, 2.24) is 0 Å². The number of unbranched alkanes of at least 4 members (excludes halogenated alkanes) is 45. The molecule has 0 radical (unpaired) electrons. The van der Waals surface area contributed by atoms with E-state index in [4.69, 9.17) is 37.0 Å². The smallest absolute Gasteiger partial charge is 0.462 e. The van der Waals surface area contributed by atoms with Gasteiger partial charge < -0.3 is 33.8 Å². The third-order valence-corrected chi connectivity index (χ3v) is 20.9. The van der Waals surface area contributed by atoms with Crippen molar-refractivity contribution in [2.24, 2.45) is 17.8 Å². The molecule has 0 aliphatic rings. The number of carbonyl (C=O) groups excluding carboxylic acids is 4. The molecule has 0 rings (SSSR count). The highest BCUT2D eigenvalue weighted by Crippen LogP contribution is 2.45. The van der Waals surface area contributed by atoms with Crippen LogP contribution in [-0.4, -0.2) is 96.7 Å². The van der Waals surface area contributed by atoms with Crippen LogP contribution in [0.5, 0.6) is 0 Å². The lowest BCUT2D eigenvalue weighted by molar-refractivity contribution is -0.161. The van der Waals surface area contributed by atoms with Crippen molar-refractivity contribution in [2.75, 3.05) is 39.6 Å². The molecule has 0 spiro atoms. The van der Waals surface area contributed by atoms with E-state index in [1.807, 2.05) is 0 Å². The summed E-state index contributed by atoms with van der Waals surface area (Å²) in [5, 5.41) is 10.6. The van der Waals surface area contributed by atoms with E-state index >= 15 is 0 Å². The number of hydrogen-bond donors (Lipinski definition) is 3. The molecule has 3 N–H and O–H groups in total. The molecule has 99 heavy (non-hydrogen) atoms. The third kappa shape index (κ3) is 72.8. The van der Waals surface area contributed by atoms with Crippen LogP contribution in [0.3, 0.4) is 0 Å². The molecule has 0 fully saturated rings. The van der Waals surface area contributed by atoms with Gasteiger partial charge in [-0.05, 0) is 43.4 Å². The van der Waals surface area contributed by atoms with E-state index in [0.29, 0.717) is 25.7 Å². The Balaban J connectivity index is 5.26. The molecule has 0 saturated carbocycles. The summed E-state index contributed by atoms with van der Waals surface area (Å²) in [7, 11) is -9.92. The first-order valence-corrected chi connectivity index (χ1v) is 44.4. The fraction of sp³-hybridized carbons (Fsp3) is 0.950. The summed E-state index contributed by atoms with van der Waals surface area (Å²) in [6.07, 6.45) is 58.1. The molecule has 19 heteroatoms. The summed E-state index contributed by atoms with van der Waals surface area (Å²) < 4.78 is 68.7. The highest BCUT2D eigenvalue weighted by Gasteiger charge is 2.30. The molecule has 6 atom stereocenters. The van der Waals surface area contributed by atoms with Crippen molar-refractivity contribution < 1.29 is 80.2 Å². The molecule has 0 bridgehead atoms. The molecule has 0 aromatic carbocycles. The Morgan fingerprint density at radius 2 is 0.515 bits per heavy atom. The van der Waals surface area contributed by atoms with Crippen molar-refractivity contribution in [3.05, 3.63) is 0 Å². The average molecular weight is 1450 g/mol. The van der Waals surface area contributed by atoms with Gasteiger partial charge in [-0.1, -0.05) is 363 Å². The van der Waals surface area contributed by atoms with E-state index in [9.17, 15) is 43.2 Å². The number of aliphatic hydroxyl groups is 1. The van der Waals surface area contributed by atoms with Crippen molar-refractivity contribution in [3.63, 3.8) is 0 Å². The predicted molar refractivity (Wildman–Crippen MR) is 405 cm³/mol. The van der Waals surface area contributed by atoms with E-state index in [2.05, 4.69) is 48.5 Å². The van der Waals surface area contributed by atoms with Gasteiger partial charge >= 0.3 is 39.5 Å². The van der Waals surface area contributed by atoms with Crippen LogP contribution >= 0.6 is 15.6 Å². The van der Waals surface area contributed by atoms with Crippen LogP contribution in [0, 0.1) is 17.8 Å². The predicted octanol–water partition coefficient (Wildman–Crippen LogP) is 23.7. The number of carbonyl (C=O) groups is 4. The van der Waals surface area contributed by atoms with Crippen molar-refractivity contribution >= 4 is 39.5 Å². The van der Waals surface area contributed by atoms with Crippen LogP contribution in [0.4, 0.5) is 0 Å². The number of phosphoric ester groups is 2. The summed E-state index contributed by atoms with van der Waals surface area (Å²) in [6, 6.07) is 0. The van der Waals surface area contributed by atoms with Crippen LogP contribution in [0.1, 0.15) is 414 Å². The Hall–Kier alpha value is -1.94. The number of hydrogen-bond acceptors (Lipinski definition) is 15. The van der Waals surface area contributed by atoms with E-state index in [1.165, 1.54) is 225 Å². The number of rotatable bonds is 78. The van der Waals surface area contributed by atoms with Gasteiger partial charge in [-0.2, -0.15) is 0 Å². The zero-order valence-corrected chi connectivity index (χ0v) is 66.8. The molecule has 17 nitrogen and oxygen atoms in total. The molecule has 0 aliphatic carbocycles. The SMILES string of the molecule is CCCCCCCCCCCCCC(=O)OC[C@H](COP(=O)(O)OC[C@H](O)COP(=O)(O)OC[C@@H](COC(=O)CCCCCCCCCCCCCCCC(C)C)OC(=O)CCCCCCCCCCCCCCCCCC(C)C)OC(=O)CCCCCCCCCCCCC(C)CC. The normalized spacial score (nSPS) is 14.3. The highest BCUT2D eigenvalue weighted by atomic mass is 31.2. The number of aliphatic hydroxyl groups excluding tert-OH is 1. The van der Waals surface area contributed by atoms with Gasteiger partial charge in [0.1, 0.15) is 19.3 Å². The van der Waals surface area contributed by atoms with Crippen molar-refractivity contribution in [2.45, 2.75) is 433 Å². The topological polar surface area (TPSA) is 237 Å². The number of esters is 4. The second-order valence-corrected chi connectivity index (χ2v) is 32.9. The molecular weight excluding hydrogens is 1290 g/mol. The molecular formula is C80H156O17P2. The lowest BCUT2D eigenvalue weighted by Gasteiger charge is -2.21. The Morgan fingerprint density at radius 1 is 0.293 bits per heavy atom. The maximum absolute atomic E-state index is 13.1. The summed E-state index contributed by atoms with van der Waals surface area (Å²) >= 11 is 0. The fourth-order valence-electron chi connectivity index (χ4n) is 12.3. The quantitative estimate of drug-likeness (QED) is 0.0222. The van der Waals surface area contributed by atoms with Gasteiger partial charge in [-0.3, -0.25) is 37.3 Å². The molecule has 3 unspecified atom stereocenters. The Labute approximate surface area is 607 Å². The Bertz CT molecular complexity index is 1920. The van der Waals surface area contributed by atoms with E-state index in [0.717, 1.165) is 108 Å². The Kier molecular flexibility index (Phi) is 69.0. The fourth-order valence-corrected chi connectivity index (χ4v) is 13.9. The van der Waals surface area contributed by atoms with Gasteiger partial charge in [0.2, 0.25) is 0 Å². The van der Waals surface area contributed by atoms with Crippen LogP contribution in [0.15, 0.2) is 0 Å². The van der Waals surface area contributed by atoms with Gasteiger partial charge in [-0.15, -0.1) is 0 Å². The average Bonchev–Trinajstić information content (AvgIpc) is 1.05. The van der Waals surface area contributed by atoms with Crippen LogP contribution < -0.4 is 0 Å². The molecule has 0 heterocycles. The maximum atomic E-state index is 13.1. The number of phosphoric acid groups is 2. The second kappa shape index (κ2) is 70.4. The largest absolute Gasteiger partial charge is 0.472 e. The molecule has 0 amide bonds. The minimum Gasteiger partial charge on any atom is -0.462 e. The summed E-state index contributed by atoms with van der Waals surface area (Å²) in [5.74, 6) is 0.286. The summed E-state index contributed by atoms with van der Waals surface area (Å²) in [5.41, 5.74) is 0. The first-order chi connectivity index (χ1) is 47.8. The molecule has 0 saturated heterocycles. The van der Waals surface area contributed by atoms with Crippen molar-refractivity contribution in [3.8, 4) is 0 Å². The standard InChI is InChI=1S/C80H156O17P2/c1-8-10-11-12-13-14-23-33-40-47-54-61-77(82)90-67-76(97-80(85)64-57-50-43-36-29-28-32-39-46-53-60-73(7)9-2)70-95-99(88,89)93-66-74(81)65-92-98(86,87)94-69-75(68-91-78(83)62-55-48-41-34-26-22-18-20-25-31-38-45-52-59-72(5)6)96-79(84)63-56-49-42-35-27-21-17-15-16-19-24-30-37-44-51-58-71(3)4/h71-76,81H,8-70H2,1-7H3,(H,86,87)(H,88,89)/t73?,74-,75-,76-/m1/s1. The highest BCUT2D eigenvalue weighted by molar-refractivity contribution is 7.47. The molecule has 0 aromatic heterocycles. The lowest BCUT2D eigenvalue weighted by atomic mass is 9.99. The zero-order chi connectivity index (χ0) is 73.0. The van der Waals surface area contributed by atoms with Crippen molar-refractivity contribution in [1.29, 1.82) is 0 Å². The minimum absolute atomic E-state index is 0.106. The Morgan fingerprint density at radius 3 is 0.768 bits per heavy atom. The van der Waals surface area contributed by atoms with E-state index in [1.54, 1.807) is 0 Å². The van der Waals surface area contributed by atoms with Gasteiger partial charge in [0.05, 0.1) is 26.4 Å². The van der Waals surface area contributed by atoms with E-state index < -0.39 is 97.5 Å².